The minimum atomic E-state index is -3.53. The third-order valence-corrected chi connectivity index (χ3v) is 6.14. The molecule has 0 radical (unpaired) electrons. The molecule has 0 saturated heterocycles. The van der Waals surface area contributed by atoms with Crippen LogP contribution in [0.4, 0.5) is 0 Å². The summed E-state index contributed by atoms with van der Waals surface area (Å²) < 4.78 is 27.0. The lowest BCUT2D eigenvalue weighted by atomic mass is 10.0. The average Bonchev–Trinajstić information content (AvgIpc) is 2.85. The quantitative estimate of drug-likeness (QED) is 0.715. The van der Waals surface area contributed by atoms with Crippen LogP contribution in [-0.4, -0.2) is 12.7 Å². The van der Waals surface area contributed by atoms with Gasteiger partial charge in [-0.15, -0.1) is 0 Å². The molecule has 1 aliphatic heterocycles. The molecule has 0 atom stereocenters. The molecule has 1 aliphatic rings. The SMILES string of the molecule is C=C(c1cccc2ccccc12)N1Cc2ccccc2S1(=O)=O. The summed E-state index contributed by atoms with van der Waals surface area (Å²) in [5.41, 5.74) is 2.17. The molecule has 0 bridgehead atoms. The van der Waals surface area contributed by atoms with Crippen LogP contribution in [0.1, 0.15) is 11.1 Å². The number of sulfonamides is 1. The molecule has 23 heavy (non-hydrogen) atoms. The predicted octanol–water partition coefficient (Wildman–Crippen LogP) is 4.02. The highest BCUT2D eigenvalue weighted by Crippen LogP contribution is 2.37. The molecule has 4 rings (SSSR count). The van der Waals surface area contributed by atoms with Gasteiger partial charge in [0.2, 0.25) is 0 Å². The van der Waals surface area contributed by atoms with Crippen molar-refractivity contribution in [3.63, 3.8) is 0 Å². The maximum Gasteiger partial charge on any atom is 0.264 e. The van der Waals surface area contributed by atoms with Crippen LogP contribution in [0.3, 0.4) is 0 Å². The van der Waals surface area contributed by atoms with Crippen LogP contribution < -0.4 is 0 Å². The van der Waals surface area contributed by atoms with Crippen molar-refractivity contribution in [1.82, 2.24) is 4.31 Å². The van der Waals surface area contributed by atoms with E-state index in [4.69, 9.17) is 0 Å². The fraction of sp³-hybridized carbons (Fsp3) is 0.0526. The Morgan fingerprint density at radius 1 is 0.913 bits per heavy atom. The Morgan fingerprint density at radius 2 is 1.61 bits per heavy atom. The van der Waals surface area contributed by atoms with Crippen LogP contribution in [0.5, 0.6) is 0 Å². The van der Waals surface area contributed by atoms with Gasteiger partial charge in [-0.25, -0.2) is 8.42 Å². The molecule has 1 heterocycles. The third-order valence-electron chi connectivity index (χ3n) is 4.26. The first-order valence-electron chi connectivity index (χ1n) is 7.37. The zero-order valence-corrected chi connectivity index (χ0v) is 13.3. The molecule has 3 aromatic rings. The van der Waals surface area contributed by atoms with E-state index in [-0.39, 0.29) is 0 Å². The van der Waals surface area contributed by atoms with E-state index in [1.54, 1.807) is 12.1 Å². The fourth-order valence-corrected chi connectivity index (χ4v) is 4.75. The topological polar surface area (TPSA) is 37.4 Å². The van der Waals surface area contributed by atoms with Crippen molar-refractivity contribution in [1.29, 1.82) is 0 Å². The zero-order valence-electron chi connectivity index (χ0n) is 12.4. The zero-order chi connectivity index (χ0) is 16.0. The maximum absolute atomic E-state index is 12.8. The van der Waals surface area contributed by atoms with E-state index in [0.717, 1.165) is 21.9 Å². The molecule has 0 saturated carbocycles. The second-order valence-corrected chi connectivity index (χ2v) is 7.42. The molecule has 0 amide bonds. The molecule has 3 aromatic carbocycles. The maximum atomic E-state index is 12.8. The smallest absolute Gasteiger partial charge is 0.262 e. The summed E-state index contributed by atoms with van der Waals surface area (Å²) in [6.07, 6.45) is 0. The van der Waals surface area contributed by atoms with Crippen LogP contribution in [0.25, 0.3) is 16.5 Å². The van der Waals surface area contributed by atoms with Crippen molar-refractivity contribution in [3.8, 4) is 0 Å². The summed E-state index contributed by atoms with van der Waals surface area (Å²) in [7, 11) is -3.53. The minimum absolute atomic E-state index is 0.334. The number of hydrogen-bond acceptors (Lipinski definition) is 2. The van der Waals surface area contributed by atoms with Crippen molar-refractivity contribution in [3.05, 3.63) is 84.4 Å². The summed E-state index contributed by atoms with van der Waals surface area (Å²) in [6, 6.07) is 20.9. The van der Waals surface area contributed by atoms with Gasteiger partial charge >= 0.3 is 0 Å². The molecule has 3 nitrogen and oxygen atoms in total. The molecule has 0 aliphatic carbocycles. The van der Waals surface area contributed by atoms with E-state index in [1.165, 1.54) is 4.31 Å². The molecular formula is C19H15NO2S. The van der Waals surface area contributed by atoms with E-state index < -0.39 is 10.0 Å². The van der Waals surface area contributed by atoms with Crippen LogP contribution in [0.2, 0.25) is 0 Å². The molecule has 0 aromatic heterocycles. The van der Waals surface area contributed by atoms with Gasteiger partial charge in [-0.05, 0) is 22.4 Å². The van der Waals surface area contributed by atoms with Gasteiger partial charge in [0.15, 0.2) is 0 Å². The van der Waals surface area contributed by atoms with E-state index in [0.29, 0.717) is 17.1 Å². The first kappa shape index (κ1) is 14.0. The third kappa shape index (κ3) is 2.06. The molecular weight excluding hydrogens is 306 g/mol. The van der Waals surface area contributed by atoms with E-state index >= 15 is 0 Å². The molecule has 114 valence electrons. The number of benzene rings is 3. The van der Waals surface area contributed by atoms with Gasteiger partial charge < -0.3 is 0 Å². The van der Waals surface area contributed by atoms with E-state index in [2.05, 4.69) is 6.58 Å². The van der Waals surface area contributed by atoms with Gasteiger partial charge in [-0.3, -0.25) is 4.31 Å². The highest BCUT2D eigenvalue weighted by Gasteiger charge is 2.35. The van der Waals surface area contributed by atoms with Crippen LogP contribution in [0, 0.1) is 0 Å². The lowest BCUT2D eigenvalue weighted by Crippen LogP contribution is -2.22. The van der Waals surface area contributed by atoms with E-state index in [9.17, 15) is 8.42 Å². The molecule has 0 spiro atoms. The first-order valence-corrected chi connectivity index (χ1v) is 8.81. The molecule has 0 unspecified atom stereocenters. The fourth-order valence-electron chi connectivity index (χ4n) is 3.10. The van der Waals surface area contributed by atoms with Gasteiger partial charge in [0, 0.05) is 5.56 Å². The summed E-state index contributed by atoms with van der Waals surface area (Å²) in [6.45, 7) is 4.42. The Balaban J connectivity index is 1.85. The van der Waals surface area contributed by atoms with Crippen molar-refractivity contribution in [2.24, 2.45) is 0 Å². The Kier molecular flexibility index (Phi) is 3.03. The van der Waals surface area contributed by atoms with E-state index in [1.807, 2.05) is 54.6 Å². The molecule has 0 fully saturated rings. The van der Waals surface area contributed by atoms with Gasteiger partial charge in [0.25, 0.3) is 10.0 Å². The second kappa shape index (κ2) is 4.96. The normalized spacial score (nSPS) is 15.6. The summed E-state index contributed by atoms with van der Waals surface area (Å²) in [4.78, 5) is 0.376. The summed E-state index contributed by atoms with van der Waals surface area (Å²) in [5.74, 6) is 0. The summed E-state index contributed by atoms with van der Waals surface area (Å²) in [5, 5.41) is 2.08. The summed E-state index contributed by atoms with van der Waals surface area (Å²) >= 11 is 0. The number of rotatable bonds is 2. The van der Waals surface area contributed by atoms with Crippen molar-refractivity contribution in [2.45, 2.75) is 11.4 Å². The molecule has 4 heteroatoms. The highest BCUT2D eigenvalue weighted by atomic mass is 32.2. The van der Waals surface area contributed by atoms with Crippen LogP contribution in [0.15, 0.2) is 78.2 Å². The second-order valence-electron chi connectivity index (χ2n) is 5.59. The van der Waals surface area contributed by atoms with Gasteiger partial charge in [-0.1, -0.05) is 67.2 Å². The van der Waals surface area contributed by atoms with Crippen molar-refractivity contribution >= 4 is 26.5 Å². The standard InChI is InChI=1S/C19H15NO2S/c1-14(17-11-6-9-15-7-2-4-10-18(15)17)20-13-16-8-3-5-12-19(16)23(20,21)22/h2-12H,1,13H2. The first-order chi connectivity index (χ1) is 11.1. The Labute approximate surface area is 135 Å². The minimum Gasteiger partial charge on any atom is -0.262 e. The Morgan fingerprint density at radius 3 is 2.43 bits per heavy atom. The highest BCUT2D eigenvalue weighted by molar-refractivity contribution is 7.89. The van der Waals surface area contributed by atoms with Gasteiger partial charge in [0.1, 0.15) is 0 Å². The Hall–Kier alpha value is -2.59. The van der Waals surface area contributed by atoms with Crippen molar-refractivity contribution in [2.75, 3.05) is 0 Å². The lowest BCUT2D eigenvalue weighted by molar-refractivity contribution is 0.529. The lowest BCUT2D eigenvalue weighted by Gasteiger charge is -2.21. The monoisotopic (exact) mass is 321 g/mol. The van der Waals surface area contributed by atoms with Gasteiger partial charge in [0.05, 0.1) is 17.1 Å². The number of hydrogen-bond donors (Lipinski definition) is 0. The average molecular weight is 321 g/mol. The number of fused-ring (bicyclic) bond motifs is 2. The number of nitrogens with zero attached hydrogens (tertiary/aromatic N) is 1. The van der Waals surface area contributed by atoms with Crippen LogP contribution >= 0.6 is 0 Å². The van der Waals surface area contributed by atoms with Gasteiger partial charge in [-0.2, -0.15) is 0 Å². The predicted molar refractivity (Wildman–Crippen MR) is 92.2 cm³/mol. The molecule has 0 N–H and O–H groups in total. The Bertz CT molecular complexity index is 1030. The van der Waals surface area contributed by atoms with Crippen molar-refractivity contribution < 1.29 is 8.42 Å². The van der Waals surface area contributed by atoms with Crippen LogP contribution in [-0.2, 0) is 16.6 Å². The largest absolute Gasteiger partial charge is 0.264 e.